The van der Waals surface area contributed by atoms with Gasteiger partial charge in [0.1, 0.15) is 0 Å². The number of halogens is 3. The zero-order valence-electron chi connectivity index (χ0n) is 11.3. The van der Waals surface area contributed by atoms with Gasteiger partial charge < -0.3 is 5.32 Å². The maximum absolute atomic E-state index is 12.0. The Labute approximate surface area is 115 Å². The van der Waals surface area contributed by atoms with Crippen LogP contribution in [0.3, 0.4) is 0 Å². The van der Waals surface area contributed by atoms with Gasteiger partial charge in [-0.3, -0.25) is 10.1 Å². The first-order valence-corrected chi connectivity index (χ1v) is 6.26. The Morgan fingerprint density at radius 2 is 2.05 bits per heavy atom. The van der Waals surface area contributed by atoms with E-state index in [0.717, 1.165) is 0 Å². The van der Waals surface area contributed by atoms with Crippen molar-refractivity contribution in [3.05, 3.63) is 39.4 Å². The third-order valence-corrected chi connectivity index (χ3v) is 3.02. The van der Waals surface area contributed by atoms with Crippen LogP contribution in [0, 0.1) is 17.0 Å². The molecule has 0 saturated carbocycles. The minimum atomic E-state index is -4.15. The molecule has 0 radical (unpaired) electrons. The predicted octanol–water partition coefficient (Wildman–Crippen LogP) is 3.90. The molecule has 1 rings (SSSR count). The highest BCUT2D eigenvalue weighted by atomic mass is 19.4. The summed E-state index contributed by atoms with van der Waals surface area (Å²) in [4.78, 5) is 10.4. The van der Waals surface area contributed by atoms with Gasteiger partial charge >= 0.3 is 6.18 Å². The summed E-state index contributed by atoms with van der Waals surface area (Å²) < 4.78 is 36.0. The number of nitro benzene ring substituents is 1. The first-order valence-electron chi connectivity index (χ1n) is 6.26. The van der Waals surface area contributed by atoms with Gasteiger partial charge in [0.2, 0.25) is 0 Å². The van der Waals surface area contributed by atoms with E-state index in [1.165, 1.54) is 6.07 Å². The molecule has 1 aromatic rings. The molecule has 0 spiro atoms. The van der Waals surface area contributed by atoms with Crippen LogP contribution in [0.5, 0.6) is 0 Å². The Morgan fingerprint density at radius 3 is 2.60 bits per heavy atom. The molecular formula is C13H17F3N2O2. The molecule has 0 heterocycles. The lowest BCUT2D eigenvalue weighted by atomic mass is 10.0. The van der Waals surface area contributed by atoms with E-state index < -0.39 is 17.5 Å². The highest BCUT2D eigenvalue weighted by Crippen LogP contribution is 2.24. The number of nitro groups is 1. The largest absolute Gasteiger partial charge is 0.389 e. The number of hydrogen-bond donors (Lipinski definition) is 1. The van der Waals surface area contributed by atoms with Gasteiger partial charge in [-0.25, -0.2) is 0 Å². The van der Waals surface area contributed by atoms with E-state index in [1.54, 1.807) is 26.0 Å². The predicted molar refractivity (Wildman–Crippen MR) is 69.5 cm³/mol. The molecule has 7 heteroatoms. The lowest BCUT2D eigenvalue weighted by Crippen LogP contribution is -2.21. The van der Waals surface area contributed by atoms with E-state index in [1.807, 2.05) is 0 Å². The molecular weight excluding hydrogens is 273 g/mol. The number of benzene rings is 1. The minimum Gasteiger partial charge on any atom is -0.310 e. The Hall–Kier alpha value is -1.63. The first kappa shape index (κ1) is 16.4. The summed E-state index contributed by atoms with van der Waals surface area (Å²) in [6.45, 7) is 3.62. The van der Waals surface area contributed by atoms with Crippen molar-refractivity contribution >= 4 is 5.69 Å². The SMILES string of the molecule is Cc1ccc(C(C)NCCCC(F)(F)F)cc1[N+](=O)[O-]. The molecule has 0 aliphatic carbocycles. The molecule has 20 heavy (non-hydrogen) atoms. The average Bonchev–Trinajstić information content (AvgIpc) is 2.33. The average molecular weight is 290 g/mol. The monoisotopic (exact) mass is 290 g/mol. The molecule has 1 atom stereocenters. The summed E-state index contributed by atoms with van der Waals surface area (Å²) >= 11 is 0. The van der Waals surface area contributed by atoms with Gasteiger partial charge in [0.15, 0.2) is 0 Å². The Balaban J connectivity index is 2.58. The second-order valence-electron chi connectivity index (χ2n) is 4.70. The summed E-state index contributed by atoms with van der Waals surface area (Å²) in [5.74, 6) is 0. The van der Waals surface area contributed by atoms with E-state index in [-0.39, 0.29) is 24.7 Å². The third kappa shape index (κ3) is 5.16. The number of nitrogens with zero attached hydrogens (tertiary/aromatic N) is 1. The Morgan fingerprint density at radius 1 is 1.40 bits per heavy atom. The maximum atomic E-state index is 12.0. The van der Waals surface area contributed by atoms with Crippen LogP contribution in [0.15, 0.2) is 18.2 Å². The number of alkyl halides is 3. The molecule has 0 saturated heterocycles. The van der Waals surface area contributed by atoms with Gasteiger partial charge in [-0.1, -0.05) is 12.1 Å². The van der Waals surface area contributed by atoms with Gasteiger partial charge in [-0.15, -0.1) is 0 Å². The highest BCUT2D eigenvalue weighted by molar-refractivity contribution is 5.43. The summed E-state index contributed by atoms with van der Waals surface area (Å²) in [5, 5.41) is 13.8. The first-order chi connectivity index (χ1) is 9.20. The van der Waals surface area contributed by atoms with Crippen molar-refractivity contribution in [1.29, 1.82) is 0 Å². The zero-order chi connectivity index (χ0) is 15.3. The molecule has 0 aromatic heterocycles. The maximum Gasteiger partial charge on any atom is 0.389 e. The fourth-order valence-corrected chi connectivity index (χ4v) is 1.82. The lowest BCUT2D eigenvalue weighted by molar-refractivity contribution is -0.385. The van der Waals surface area contributed by atoms with Crippen molar-refractivity contribution in [3.8, 4) is 0 Å². The molecule has 0 aliphatic heterocycles. The molecule has 0 amide bonds. The molecule has 1 unspecified atom stereocenters. The highest BCUT2D eigenvalue weighted by Gasteiger charge is 2.26. The van der Waals surface area contributed by atoms with Crippen LogP contribution < -0.4 is 5.32 Å². The van der Waals surface area contributed by atoms with Gasteiger partial charge in [0.25, 0.3) is 5.69 Å². The number of hydrogen-bond acceptors (Lipinski definition) is 3. The molecule has 0 fully saturated rings. The van der Waals surface area contributed by atoms with Crippen LogP contribution in [-0.4, -0.2) is 17.6 Å². The van der Waals surface area contributed by atoms with Gasteiger partial charge in [-0.05, 0) is 32.4 Å². The molecule has 0 aliphatic rings. The van der Waals surface area contributed by atoms with Crippen LogP contribution >= 0.6 is 0 Å². The molecule has 4 nitrogen and oxygen atoms in total. The van der Waals surface area contributed by atoms with E-state index >= 15 is 0 Å². The summed E-state index contributed by atoms with van der Waals surface area (Å²) in [5.41, 5.74) is 1.27. The third-order valence-electron chi connectivity index (χ3n) is 3.02. The fraction of sp³-hybridized carbons (Fsp3) is 0.538. The van der Waals surface area contributed by atoms with Crippen molar-refractivity contribution in [1.82, 2.24) is 5.32 Å². The van der Waals surface area contributed by atoms with Crippen LogP contribution in [0.4, 0.5) is 18.9 Å². The quantitative estimate of drug-likeness (QED) is 0.491. The van der Waals surface area contributed by atoms with Crippen LogP contribution in [0.1, 0.15) is 36.9 Å². The fourth-order valence-electron chi connectivity index (χ4n) is 1.82. The van der Waals surface area contributed by atoms with Crippen LogP contribution in [0.25, 0.3) is 0 Å². The van der Waals surface area contributed by atoms with Crippen molar-refractivity contribution in [2.75, 3.05) is 6.54 Å². The topological polar surface area (TPSA) is 55.2 Å². The van der Waals surface area contributed by atoms with Crippen molar-refractivity contribution in [2.45, 2.75) is 38.9 Å². The number of nitrogens with one attached hydrogen (secondary N) is 1. The smallest absolute Gasteiger partial charge is 0.310 e. The van der Waals surface area contributed by atoms with Gasteiger partial charge in [-0.2, -0.15) is 13.2 Å². The Bertz CT molecular complexity index is 475. The second kappa shape index (κ2) is 6.69. The minimum absolute atomic E-state index is 0.0121. The summed E-state index contributed by atoms with van der Waals surface area (Å²) in [6, 6.07) is 4.60. The van der Waals surface area contributed by atoms with Crippen LogP contribution in [0.2, 0.25) is 0 Å². The van der Waals surface area contributed by atoms with E-state index in [4.69, 9.17) is 0 Å². The summed E-state index contributed by atoms with van der Waals surface area (Å²) in [6.07, 6.45) is -4.99. The van der Waals surface area contributed by atoms with E-state index in [0.29, 0.717) is 11.1 Å². The molecule has 1 aromatic carbocycles. The van der Waals surface area contributed by atoms with Gasteiger partial charge in [0, 0.05) is 24.1 Å². The summed E-state index contributed by atoms with van der Waals surface area (Å²) in [7, 11) is 0. The Kier molecular flexibility index (Phi) is 5.50. The second-order valence-corrected chi connectivity index (χ2v) is 4.70. The lowest BCUT2D eigenvalue weighted by Gasteiger charge is -2.15. The van der Waals surface area contributed by atoms with E-state index in [2.05, 4.69) is 5.32 Å². The van der Waals surface area contributed by atoms with Crippen molar-refractivity contribution in [3.63, 3.8) is 0 Å². The van der Waals surface area contributed by atoms with Crippen LogP contribution in [-0.2, 0) is 0 Å². The van der Waals surface area contributed by atoms with Crippen molar-refractivity contribution in [2.24, 2.45) is 0 Å². The van der Waals surface area contributed by atoms with E-state index in [9.17, 15) is 23.3 Å². The zero-order valence-corrected chi connectivity index (χ0v) is 11.3. The van der Waals surface area contributed by atoms with Gasteiger partial charge in [0.05, 0.1) is 4.92 Å². The molecule has 112 valence electrons. The van der Waals surface area contributed by atoms with Crippen molar-refractivity contribution < 1.29 is 18.1 Å². The molecule has 1 N–H and O–H groups in total. The normalized spacial score (nSPS) is 13.2. The standard InChI is InChI=1S/C13H17F3N2O2/c1-9-4-5-11(8-12(9)18(19)20)10(2)17-7-3-6-13(14,15)16/h4-5,8,10,17H,3,6-7H2,1-2H3. The number of rotatable bonds is 6. The molecule has 0 bridgehead atoms. The number of aryl methyl sites for hydroxylation is 1.